The minimum absolute atomic E-state index is 0.0483. The summed E-state index contributed by atoms with van der Waals surface area (Å²) in [4.78, 5) is 0. The molecule has 1 atom stereocenters. The van der Waals surface area contributed by atoms with Gasteiger partial charge in [0, 0.05) is 31.1 Å². The van der Waals surface area contributed by atoms with Crippen LogP contribution in [-0.2, 0) is 10.2 Å². The molecule has 1 unspecified atom stereocenters. The zero-order valence-electron chi connectivity index (χ0n) is 10.9. The lowest BCUT2D eigenvalue weighted by molar-refractivity contribution is 0.237. The normalized spacial score (nSPS) is 23.5. The summed E-state index contributed by atoms with van der Waals surface area (Å²) in [5.74, 6) is 0.333. The average Bonchev–Trinajstić information content (AvgIpc) is 2.25. The highest BCUT2D eigenvalue weighted by Crippen LogP contribution is 2.23. The summed E-state index contributed by atoms with van der Waals surface area (Å²) in [6.45, 7) is 6.77. The predicted octanol–water partition coefficient (Wildman–Crippen LogP) is 2.05. The SMILES string of the molecule is CC(C)N(CCCl)S(=O)(=O)N1CCCCC1C. The minimum atomic E-state index is -3.35. The summed E-state index contributed by atoms with van der Waals surface area (Å²) in [6.07, 6.45) is 3.02. The van der Waals surface area contributed by atoms with Crippen LogP contribution in [0.5, 0.6) is 0 Å². The van der Waals surface area contributed by atoms with E-state index in [0.717, 1.165) is 19.3 Å². The summed E-state index contributed by atoms with van der Waals surface area (Å²) < 4.78 is 28.2. The van der Waals surface area contributed by atoms with E-state index in [-0.39, 0.29) is 12.1 Å². The first kappa shape index (κ1) is 15.2. The number of alkyl halides is 1. The zero-order valence-corrected chi connectivity index (χ0v) is 12.5. The van der Waals surface area contributed by atoms with Gasteiger partial charge in [0.15, 0.2) is 0 Å². The molecular formula is C11H23ClN2O2S. The molecule has 102 valence electrons. The third kappa shape index (κ3) is 3.56. The van der Waals surface area contributed by atoms with E-state index in [2.05, 4.69) is 0 Å². The standard InChI is InChI=1S/C11H23ClN2O2S/c1-10(2)13(9-7-12)17(15,16)14-8-5-4-6-11(14)3/h10-11H,4-9H2,1-3H3. The highest BCUT2D eigenvalue weighted by Gasteiger charge is 2.35. The Labute approximate surface area is 110 Å². The Morgan fingerprint density at radius 2 is 2.06 bits per heavy atom. The lowest BCUT2D eigenvalue weighted by Gasteiger charge is -2.37. The van der Waals surface area contributed by atoms with E-state index in [9.17, 15) is 8.42 Å². The van der Waals surface area contributed by atoms with Crippen molar-refractivity contribution in [2.45, 2.75) is 52.1 Å². The van der Waals surface area contributed by atoms with E-state index in [0.29, 0.717) is 19.0 Å². The average molecular weight is 283 g/mol. The van der Waals surface area contributed by atoms with Crippen LogP contribution in [0.3, 0.4) is 0 Å². The van der Waals surface area contributed by atoms with Gasteiger partial charge in [0.1, 0.15) is 0 Å². The summed E-state index contributed by atoms with van der Waals surface area (Å²) in [5.41, 5.74) is 0. The topological polar surface area (TPSA) is 40.6 Å². The second kappa shape index (κ2) is 6.36. The van der Waals surface area contributed by atoms with Crippen molar-refractivity contribution >= 4 is 21.8 Å². The lowest BCUT2D eigenvalue weighted by atomic mass is 10.1. The van der Waals surface area contributed by atoms with Gasteiger partial charge >= 0.3 is 0 Å². The number of hydrogen-bond acceptors (Lipinski definition) is 2. The van der Waals surface area contributed by atoms with E-state index in [1.54, 1.807) is 4.31 Å². The smallest absolute Gasteiger partial charge is 0.195 e. The molecule has 17 heavy (non-hydrogen) atoms. The second-order valence-electron chi connectivity index (χ2n) is 4.86. The van der Waals surface area contributed by atoms with E-state index >= 15 is 0 Å². The number of halogens is 1. The van der Waals surface area contributed by atoms with E-state index in [1.807, 2.05) is 20.8 Å². The van der Waals surface area contributed by atoms with Gasteiger partial charge < -0.3 is 0 Å². The molecule has 6 heteroatoms. The van der Waals surface area contributed by atoms with Gasteiger partial charge in [0.05, 0.1) is 0 Å². The summed E-state index contributed by atoms with van der Waals surface area (Å²) >= 11 is 5.70. The van der Waals surface area contributed by atoms with Crippen molar-refractivity contribution < 1.29 is 8.42 Å². The summed E-state index contributed by atoms with van der Waals surface area (Å²) in [5, 5.41) is 0. The van der Waals surface area contributed by atoms with Crippen LogP contribution in [0.25, 0.3) is 0 Å². The quantitative estimate of drug-likeness (QED) is 0.724. The van der Waals surface area contributed by atoms with Crippen LogP contribution in [0, 0.1) is 0 Å². The Balaban J connectivity index is 2.90. The molecule has 4 nitrogen and oxygen atoms in total. The first-order valence-electron chi connectivity index (χ1n) is 6.25. The highest BCUT2D eigenvalue weighted by molar-refractivity contribution is 7.86. The summed E-state index contributed by atoms with van der Waals surface area (Å²) in [7, 11) is -3.35. The molecule has 1 fully saturated rings. The molecule has 1 rings (SSSR count). The molecule has 0 bridgehead atoms. The molecule has 0 aromatic carbocycles. The first-order chi connectivity index (χ1) is 7.91. The molecule has 0 amide bonds. The molecule has 0 aliphatic carbocycles. The summed E-state index contributed by atoms with van der Waals surface area (Å²) in [6, 6.07) is 0.0539. The number of rotatable bonds is 5. The van der Waals surface area contributed by atoms with Crippen LogP contribution in [0.15, 0.2) is 0 Å². The minimum Gasteiger partial charge on any atom is -0.195 e. The number of hydrogen-bond donors (Lipinski definition) is 0. The largest absolute Gasteiger partial charge is 0.282 e. The highest BCUT2D eigenvalue weighted by atomic mass is 35.5. The Morgan fingerprint density at radius 3 is 2.53 bits per heavy atom. The molecule has 0 radical (unpaired) electrons. The molecule has 0 aromatic rings. The maximum absolute atomic E-state index is 12.5. The maximum Gasteiger partial charge on any atom is 0.282 e. The Bertz CT molecular complexity index is 322. The third-order valence-electron chi connectivity index (χ3n) is 3.22. The molecular weight excluding hydrogens is 260 g/mol. The van der Waals surface area contributed by atoms with Crippen LogP contribution in [0.4, 0.5) is 0 Å². The molecule has 1 aliphatic heterocycles. The fourth-order valence-corrected chi connectivity index (χ4v) is 4.60. The van der Waals surface area contributed by atoms with Crippen LogP contribution in [0.2, 0.25) is 0 Å². The van der Waals surface area contributed by atoms with Gasteiger partial charge in [-0.1, -0.05) is 6.42 Å². The molecule has 0 spiro atoms. The number of nitrogens with zero attached hydrogens (tertiary/aromatic N) is 2. The van der Waals surface area contributed by atoms with Crippen LogP contribution >= 0.6 is 11.6 Å². The van der Waals surface area contributed by atoms with Crippen molar-refractivity contribution in [2.75, 3.05) is 19.0 Å². The van der Waals surface area contributed by atoms with Crippen molar-refractivity contribution in [1.82, 2.24) is 8.61 Å². The second-order valence-corrected chi connectivity index (χ2v) is 7.07. The van der Waals surface area contributed by atoms with Crippen LogP contribution < -0.4 is 0 Å². The maximum atomic E-state index is 12.5. The van der Waals surface area contributed by atoms with Gasteiger partial charge in [-0.2, -0.15) is 17.0 Å². The lowest BCUT2D eigenvalue weighted by Crippen LogP contribution is -2.52. The Hall–Kier alpha value is 0.160. The Morgan fingerprint density at radius 1 is 1.41 bits per heavy atom. The number of piperidine rings is 1. The monoisotopic (exact) mass is 282 g/mol. The van der Waals surface area contributed by atoms with Gasteiger partial charge in [0.2, 0.25) is 0 Å². The van der Waals surface area contributed by atoms with Gasteiger partial charge in [-0.3, -0.25) is 0 Å². The fourth-order valence-electron chi connectivity index (χ4n) is 2.27. The Kier molecular flexibility index (Phi) is 5.70. The molecule has 0 aromatic heterocycles. The van der Waals surface area contributed by atoms with Crippen molar-refractivity contribution in [3.63, 3.8) is 0 Å². The molecule has 1 heterocycles. The van der Waals surface area contributed by atoms with Crippen molar-refractivity contribution in [3.8, 4) is 0 Å². The van der Waals surface area contributed by atoms with Crippen molar-refractivity contribution in [2.24, 2.45) is 0 Å². The molecule has 1 saturated heterocycles. The van der Waals surface area contributed by atoms with Crippen molar-refractivity contribution in [1.29, 1.82) is 0 Å². The van der Waals surface area contributed by atoms with E-state index < -0.39 is 10.2 Å². The fraction of sp³-hybridized carbons (Fsp3) is 1.00. The van der Waals surface area contributed by atoms with Crippen molar-refractivity contribution in [3.05, 3.63) is 0 Å². The predicted molar refractivity (Wildman–Crippen MR) is 71.5 cm³/mol. The van der Waals surface area contributed by atoms with Gasteiger partial charge in [0.25, 0.3) is 10.2 Å². The molecule has 1 aliphatic rings. The zero-order chi connectivity index (χ0) is 13.1. The van der Waals surface area contributed by atoms with E-state index in [4.69, 9.17) is 11.6 Å². The van der Waals surface area contributed by atoms with E-state index in [1.165, 1.54) is 4.31 Å². The van der Waals surface area contributed by atoms with Gasteiger partial charge in [-0.15, -0.1) is 11.6 Å². The van der Waals surface area contributed by atoms with Gasteiger partial charge in [-0.25, -0.2) is 0 Å². The van der Waals surface area contributed by atoms with Gasteiger partial charge in [-0.05, 0) is 33.6 Å². The molecule has 0 N–H and O–H groups in total. The first-order valence-corrected chi connectivity index (χ1v) is 8.19. The van der Waals surface area contributed by atoms with Crippen LogP contribution in [0.1, 0.15) is 40.0 Å². The third-order valence-corrected chi connectivity index (χ3v) is 5.72. The van der Waals surface area contributed by atoms with Crippen LogP contribution in [-0.4, -0.2) is 48.1 Å². The molecule has 0 saturated carbocycles.